The minimum Gasteiger partial charge on any atom is -0.356 e. The van der Waals surface area contributed by atoms with Crippen molar-refractivity contribution in [3.63, 3.8) is 0 Å². The summed E-state index contributed by atoms with van der Waals surface area (Å²) in [6.45, 7) is 4.08. The quantitative estimate of drug-likeness (QED) is 0.840. The molecule has 1 saturated heterocycles. The predicted molar refractivity (Wildman–Crippen MR) is 94.8 cm³/mol. The summed E-state index contributed by atoms with van der Waals surface area (Å²) in [7, 11) is 0. The average Bonchev–Trinajstić information content (AvgIpc) is 3.08. The molecule has 0 radical (unpaired) electrons. The molecule has 6 heteroatoms. The molecule has 2 amide bonds. The Balaban J connectivity index is 1.71. The number of ketones is 1. The lowest BCUT2D eigenvalue weighted by Crippen LogP contribution is -2.52. The van der Waals surface area contributed by atoms with E-state index < -0.39 is 6.04 Å². The van der Waals surface area contributed by atoms with Crippen molar-refractivity contribution in [3.05, 3.63) is 53.3 Å². The van der Waals surface area contributed by atoms with Crippen molar-refractivity contribution in [1.82, 2.24) is 10.3 Å². The van der Waals surface area contributed by atoms with Crippen LogP contribution >= 0.6 is 0 Å². The summed E-state index contributed by atoms with van der Waals surface area (Å²) in [4.78, 5) is 40.9. The number of piperidine rings is 1. The second-order valence-electron chi connectivity index (χ2n) is 6.35. The Kier molecular flexibility index (Phi) is 4.70. The molecule has 1 aromatic heterocycles. The van der Waals surface area contributed by atoms with E-state index in [1.807, 2.05) is 31.2 Å². The van der Waals surface area contributed by atoms with E-state index in [1.165, 1.54) is 19.2 Å². The first kappa shape index (κ1) is 17.0. The summed E-state index contributed by atoms with van der Waals surface area (Å²) in [5.41, 5.74) is 2.70. The number of benzene rings is 1. The van der Waals surface area contributed by atoms with Gasteiger partial charge in [-0.1, -0.05) is 17.7 Å². The average molecular weight is 339 g/mol. The van der Waals surface area contributed by atoms with Crippen LogP contribution in [-0.2, 0) is 4.79 Å². The lowest BCUT2D eigenvalue weighted by molar-refractivity contribution is -0.121. The van der Waals surface area contributed by atoms with Gasteiger partial charge in [-0.2, -0.15) is 0 Å². The molecule has 0 spiro atoms. The maximum Gasteiger partial charge on any atom is 0.268 e. The number of H-pyrrole nitrogens is 1. The normalized spacial score (nSPS) is 17.4. The zero-order chi connectivity index (χ0) is 18.0. The zero-order valence-corrected chi connectivity index (χ0v) is 14.3. The molecule has 1 fully saturated rings. The van der Waals surface area contributed by atoms with Gasteiger partial charge in [0, 0.05) is 24.0 Å². The van der Waals surface area contributed by atoms with Crippen molar-refractivity contribution < 1.29 is 14.4 Å². The van der Waals surface area contributed by atoms with Crippen LogP contribution in [0.4, 0.5) is 5.69 Å². The minimum atomic E-state index is -0.563. The Labute approximate surface area is 146 Å². The van der Waals surface area contributed by atoms with Crippen molar-refractivity contribution in [3.8, 4) is 0 Å². The fourth-order valence-electron chi connectivity index (χ4n) is 2.95. The predicted octanol–water partition coefficient (Wildman–Crippen LogP) is 2.45. The zero-order valence-electron chi connectivity index (χ0n) is 14.3. The first-order chi connectivity index (χ1) is 12.0. The SMILES string of the molecule is CC(=O)c1c[nH]c(C(=O)N[C@@H]2CCCN(c3ccc(C)cc3)C2=O)c1. The van der Waals surface area contributed by atoms with Crippen LogP contribution in [0.15, 0.2) is 36.5 Å². The Morgan fingerprint density at radius 1 is 1.24 bits per heavy atom. The van der Waals surface area contributed by atoms with Crippen LogP contribution in [-0.4, -0.2) is 35.2 Å². The van der Waals surface area contributed by atoms with Gasteiger partial charge in [-0.25, -0.2) is 0 Å². The fourth-order valence-corrected chi connectivity index (χ4v) is 2.95. The topological polar surface area (TPSA) is 82.3 Å². The Bertz CT molecular complexity index is 808. The number of anilines is 1. The molecule has 6 nitrogen and oxygen atoms in total. The third-order valence-corrected chi connectivity index (χ3v) is 4.42. The van der Waals surface area contributed by atoms with Gasteiger partial charge >= 0.3 is 0 Å². The van der Waals surface area contributed by atoms with Crippen LogP contribution in [0.2, 0.25) is 0 Å². The second-order valence-corrected chi connectivity index (χ2v) is 6.35. The maximum absolute atomic E-state index is 12.7. The highest BCUT2D eigenvalue weighted by atomic mass is 16.2. The third-order valence-electron chi connectivity index (χ3n) is 4.42. The summed E-state index contributed by atoms with van der Waals surface area (Å²) in [5.74, 6) is -0.604. The van der Waals surface area contributed by atoms with Gasteiger partial charge in [0.2, 0.25) is 5.91 Å². The van der Waals surface area contributed by atoms with Gasteiger partial charge in [0.15, 0.2) is 5.78 Å². The van der Waals surface area contributed by atoms with Gasteiger partial charge in [-0.15, -0.1) is 0 Å². The lowest BCUT2D eigenvalue weighted by atomic mass is 10.0. The molecular weight excluding hydrogens is 318 g/mol. The molecule has 1 aliphatic rings. The molecular formula is C19H21N3O3. The molecule has 0 saturated carbocycles. The summed E-state index contributed by atoms with van der Waals surface area (Å²) < 4.78 is 0. The molecule has 0 unspecified atom stereocenters. The van der Waals surface area contributed by atoms with Gasteiger partial charge in [0.1, 0.15) is 11.7 Å². The number of hydrogen-bond donors (Lipinski definition) is 2. The molecule has 2 heterocycles. The van der Waals surface area contributed by atoms with Gasteiger partial charge in [0.05, 0.1) is 0 Å². The fraction of sp³-hybridized carbons (Fsp3) is 0.316. The first-order valence-corrected chi connectivity index (χ1v) is 8.34. The number of nitrogens with one attached hydrogen (secondary N) is 2. The van der Waals surface area contributed by atoms with Crippen LogP contribution in [0.3, 0.4) is 0 Å². The largest absolute Gasteiger partial charge is 0.356 e. The molecule has 1 aromatic carbocycles. The van der Waals surface area contributed by atoms with E-state index in [0.717, 1.165) is 17.7 Å². The van der Waals surface area contributed by atoms with Gasteiger partial charge < -0.3 is 15.2 Å². The van der Waals surface area contributed by atoms with E-state index >= 15 is 0 Å². The van der Waals surface area contributed by atoms with Crippen LogP contribution in [0, 0.1) is 6.92 Å². The summed E-state index contributed by atoms with van der Waals surface area (Å²) in [6.07, 6.45) is 2.92. The highest BCUT2D eigenvalue weighted by Gasteiger charge is 2.31. The van der Waals surface area contributed by atoms with Crippen LogP contribution < -0.4 is 10.2 Å². The van der Waals surface area contributed by atoms with E-state index in [0.29, 0.717) is 18.5 Å². The van der Waals surface area contributed by atoms with Crippen LogP contribution in [0.1, 0.15) is 46.2 Å². The molecule has 0 bridgehead atoms. The highest BCUT2D eigenvalue weighted by molar-refractivity contribution is 6.03. The number of rotatable bonds is 4. The number of aromatic amines is 1. The Morgan fingerprint density at radius 2 is 1.96 bits per heavy atom. The number of nitrogens with zero attached hydrogens (tertiary/aromatic N) is 1. The highest BCUT2D eigenvalue weighted by Crippen LogP contribution is 2.21. The number of amides is 2. The van der Waals surface area contributed by atoms with Gasteiger partial charge in [0.25, 0.3) is 5.91 Å². The molecule has 2 aromatic rings. The molecule has 1 atom stereocenters. The van der Waals surface area contributed by atoms with Crippen molar-refractivity contribution >= 4 is 23.3 Å². The van der Waals surface area contributed by atoms with Gasteiger partial charge in [-0.3, -0.25) is 14.4 Å². The maximum atomic E-state index is 12.7. The smallest absolute Gasteiger partial charge is 0.268 e. The van der Waals surface area contributed by atoms with E-state index in [9.17, 15) is 14.4 Å². The standard InChI is InChI=1S/C19H21N3O3/c1-12-5-7-15(8-6-12)22-9-3-4-16(19(22)25)21-18(24)17-10-14(11-20-17)13(2)23/h5-8,10-11,16,20H,3-4,9H2,1-2H3,(H,21,24)/t16-/m1/s1. The van der Waals surface area contributed by atoms with Crippen molar-refractivity contribution in [2.45, 2.75) is 32.7 Å². The van der Waals surface area contributed by atoms with E-state index in [-0.39, 0.29) is 23.3 Å². The molecule has 25 heavy (non-hydrogen) atoms. The van der Waals surface area contributed by atoms with E-state index in [4.69, 9.17) is 0 Å². The van der Waals surface area contributed by atoms with Crippen molar-refractivity contribution in [2.24, 2.45) is 0 Å². The van der Waals surface area contributed by atoms with E-state index in [2.05, 4.69) is 10.3 Å². The molecule has 2 N–H and O–H groups in total. The van der Waals surface area contributed by atoms with Crippen LogP contribution in [0.25, 0.3) is 0 Å². The summed E-state index contributed by atoms with van der Waals surface area (Å²) >= 11 is 0. The molecule has 0 aliphatic carbocycles. The minimum absolute atomic E-state index is 0.109. The summed E-state index contributed by atoms with van der Waals surface area (Å²) in [5, 5.41) is 2.78. The number of aromatic nitrogens is 1. The van der Waals surface area contributed by atoms with Crippen molar-refractivity contribution in [1.29, 1.82) is 0 Å². The number of carbonyl (C=O) groups excluding carboxylic acids is 3. The second kappa shape index (κ2) is 6.93. The van der Waals surface area contributed by atoms with Crippen molar-refractivity contribution in [2.75, 3.05) is 11.4 Å². The van der Waals surface area contributed by atoms with Crippen LogP contribution in [0.5, 0.6) is 0 Å². The molecule has 130 valence electrons. The third kappa shape index (κ3) is 3.63. The number of aryl methyl sites for hydroxylation is 1. The summed E-state index contributed by atoms with van der Waals surface area (Å²) in [6, 6.07) is 8.71. The Hall–Kier alpha value is -2.89. The van der Waals surface area contributed by atoms with Gasteiger partial charge in [-0.05, 0) is 44.9 Å². The van der Waals surface area contributed by atoms with E-state index in [1.54, 1.807) is 4.90 Å². The monoisotopic (exact) mass is 339 g/mol. The first-order valence-electron chi connectivity index (χ1n) is 8.34. The number of Topliss-reactive ketones (excluding diaryl/α,β-unsaturated/α-hetero) is 1. The Morgan fingerprint density at radius 3 is 2.60 bits per heavy atom. The molecule has 3 rings (SSSR count). The lowest BCUT2D eigenvalue weighted by Gasteiger charge is -2.32. The number of carbonyl (C=O) groups is 3. The molecule has 1 aliphatic heterocycles. The number of hydrogen-bond acceptors (Lipinski definition) is 3.